The van der Waals surface area contributed by atoms with Crippen molar-refractivity contribution in [2.24, 2.45) is 5.41 Å². The smallest absolute Gasteiger partial charge is 0.340 e. The third-order valence-corrected chi connectivity index (χ3v) is 4.07. The van der Waals surface area contributed by atoms with E-state index in [2.05, 4.69) is 23.9 Å². The van der Waals surface area contributed by atoms with Crippen molar-refractivity contribution in [3.05, 3.63) is 29.3 Å². The van der Waals surface area contributed by atoms with Crippen molar-refractivity contribution in [3.63, 3.8) is 0 Å². The minimum absolute atomic E-state index is 0.0456. The fourth-order valence-electron chi connectivity index (χ4n) is 2.71. The molecule has 0 aromatic heterocycles. The second-order valence-electron chi connectivity index (χ2n) is 5.86. The molecule has 1 aromatic carbocycles. The lowest BCUT2D eigenvalue weighted by Crippen LogP contribution is -2.31. The van der Waals surface area contributed by atoms with Gasteiger partial charge in [0, 0.05) is 6.04 Å². The summed E-state index contributed by atoms with van der Waals surface area (Å²) in [6, 6.07) is 2.73. The van der Waals surface area contributed by atoms with Gasteiger partial charge in [-0.2, -0.15) is 0 Å². The van der Waals surface area contributed by atoms with E-state index < -0.39 is 17.6 Å². The molecular formula is C15H19F2NO2. The molecule has 1 aliphatic carbocycles. The van der Waals surface area contributed by atoms with Crippen molar-refractivity contribution >= 4 is 11.7 Å². The third-order valence-electron chi connectivity index (χ3n) is 4.07. The first-order valence-corrected chi connectivity index (χ1v) is 6.69. The summed E-state index contributed by atoms with van der Waals surface area (Å²) in [5.41, 5.74) is -0.249. The Bertz CT molecular complexity index is 529. The average molecular weight is 283 g/mol. The zero-order valence-corrected chi connectivity index (χ0v) is 11.9. The van der Waals surface area contributed by atoms with Crippen LogP contribution >= 0.6 is 0 Å². The highest BCUT2D eigenvalue weighted by Crippen LogP contribution is 2.39. The number of rotatable bonds is 3. The Morgan fingerprint density at radius 1 is 1.35 bits per heavy atom. The highest BCUT2D eigenvalue weighted by molar-refractivity contribution is 5.90. The SMILES string of the molecule is COC(=O)c1ccc(NC2CCCC2(C)C)c(F)c1F. The van der Waals surface area contributed by atoms with Crippen molar-refractivity contribution in [1.29, 1.82) is 0 Å². The predicted octanol–water partition coefficient (Wildman–Crippen LogP) is 3.74. The van der Waals surface area contributed by atoms with Crippen molar-refractivity contribution in [2.45, 2.75) is 39.2 Å². The number of carbonyl (C=O) groups is 1. The lowest BCUT2D eigenvalue weighted by molar-refractivity contribution is 0.0594. The molecule has 20 heavy (non-hydrogen) atoms. The Balaban J connectivity index is 2.26. The monoisotopic (exact) mass is 283 g/mol. The number of methoxy groups -OCH3 is 1. The van der Waals surface area contributed by atoms with Gasteiger partial charge in [0.2, 0.25) is 0 Å². The standard InChI is InChI=1S/C15H19F2NO2/c1-15(2)8-4-5-11(15)18-10-7-6-9(14(19)20-3)12(16)13(10)17/h6-7,11,18H,4-5,8H2,1-3H3. The van der Waals surface area contributed by atoms with Crippen molar-refractivity contribution in [1.82, 2.24) is 0 Å². The van der Waals surface area contributed by atoms with Gasteiger partial charge in [0.25, 0.3) is 0 Å². The summed E-state index contributed by atoms with van der Waals surface area (Å²) in [4.78, 5) is 11.3. The number of halogens is 2. The molecule has 0 amide bonds. The average Bonchev–Trinajstić information content (AvgIpc) is 2.73. The molecular weight excluding hydrogens is 264 g/mol. The van der Waals surface area contributed by atoms with E-state index in [4.69, 9.17) is 0 Å². The second kappa shape index (κ2) is 5.38. The van der Waals surface area contributed by atoms with Gasteiger partial charge in [0.1, 0.15) is 0 Å². The van der Waals surface area contributed by atoms with Crippen LogP contribution in [0.3, 0.4) is 0 Å². The lowest BCUT2D eigenvalue weighted by atomic mass is 9.87. The van der Waals surface area contributed by atoms with E-state index in [1.807, 2.05) is 0 Å². The molecule has 1 atom stereocenters. The molecule has 0 aliphatic heterocycles. The summed E-state index contributed by atoms with van der Waals surface area (Å²) < 4.78 is 32.3. The number of benzene rings is 1. The Labute approximate surface area is 117 Å². The molecule has 0 spiro atoms. The first kappa shape index (κ1) is 14.8. The quantitative estimate of drug-likeness (QED) is 0.859. The van der Waals surface area contributed by atoms with Crippen LogP contribution in [-0.4, -0.2) is 19.1 Å². The van der Waals surface area contributed by atoms with E-state index in [1.165, 1.54) is 12.1 Å². The number of anilines is 1. The molecule has 1 saturated carbocycles. The van der Waals surface area contributed by atoms with Gasteiger partial charge >= 0.3 is 5.97 Å². The van der Waals surface area contributed by atoms with Crippen LogP contribution in [0.4, 0.5) is 14.5 Å². The molecule has 1 N–H and O–H groups in total. The third kappa shape index (κ3) is 2.62. The summed E-state index contributed by atoms with van der Waals surface area (Å²) in [5.74, 6) is -3.08. The lowest BCUT2D eigenvalue weighted by Gasteiger charge is -2.29. The fourth-order valence-corrected chi connectivity index (χ4v) is 2.71. The molecule has 0 radical (unpaired) electrons. The van der Waals surface area contributed by atoms with Gasteiger partial charge in [-0.3, -0.25) is 0 Å². The van der Waals surface area contributed by atoms with Gasteiger partial charge in [0.05, 0.1) is 18.4 Å². The van der Waals surface area contributed by atoms with Crippen LogP contribution in [0.2, 0.25) is 0 Å². The van der Waals surface area contributed by atoms with Crippen LogP contribution in [0, 0.1) is 17.0 Å². The van der Waals surface area contributed by atoms with Crippen molar-refractivity contribution in [3.8, 4) is 0 Å². The van der Waals surface area contributed by atoms with Gasteiger partial charge in [-0.25, -0.2) is 13.6 Å². The Morgan fingerprint density at radius 2 is 2.05 bits per heavy atom. The number of esters is 1. The molecule has 5 heteroatoms. The van der Waals surface area contributed by atoms with Crippen LogP contribution < -0.4 is 5.32 Å². The fraction of sp³-hybridized carbons (Fsp3) is 0.533. The van der Waals surface area contributed by atoms with Gasteiger partial charge in [-0.05, 0) is 30.4 Å². The summed E-state index contributed by atoms with van der Waals surface area (Å²) in [5, 5.41) is 3.06. The van der Waals surface area contributed by atoms with Crippen LogP contribution in [0.15, 0.2) is 12.1 Å². The first-order chi connectivity index (χ1) is 9.36. The van der Waals surface area contributed by atoms with Gasteiger partial charge in [-0.1, -0.05) is 20.3 Å². The van der Waals surface area contributed by atoms with Crippen molar-refractivity contribution < 1.29 is 18.3 Å². The number of ether oxygens (including phenoxy) is 1. The number of hydrogen-bond donors (Lipinski definition) is 1. The molecule has 1 unspecified atom stereocenters. The molecule has 1 aromatic rings. The largest absolute Gasteiger partial charge is 0.465 e. The second-order valence-corrected chi connectivity index (χ2v) is 5.86. The van der Waals surface area contributed by atoms with Crippen LogP contribution in [0.25, 0.3) is 0 Å². The molecule has 2 rings (SSSR count). The van der Waals surface area contributed by atoms with Crippen LogP contribution in [0.1, 0.15) is 43.5 Å². The van der Waals surface area contributed by atoms with Gasteiger partial charge < -0.3 is 10.1 Å². The Hall–Kier alpha value is -1.65. The van der Waals surface area contributed by atoms with Crippen molar-refractivity contribution in [2.75, 3.05) is 12.4 Å². The minimum atomic E-state index is -1.17. The van der Waals surface area contributed by atoms with E-state index in [1.54, 1.807) is 0 Å². The Kier molecular flexibility index (Phi) is 3.97. The van der Waals surface area contributed by atoms with Crippen LogP contribution in [-0.2, 0) is 4.74 Å². The summed E-state index contributed by atoms with van der Waals surface area (Å²) >= 11 is 0. The van der Waals surface area contributed by atoms with Gasteiger partial charge in [-0.15, -0.1) is 0 Å². The molecule has 0 bridgehead atoms. The molecule has 1 fully saturated rings. The number of nitrogens with one attached hydrogen (secondary N) is 1. The minimum Gasteiger partial charge on any atom is -0.465 e. The Morgan fingerprint density at radius 3 is 2.60 bits per heavy atom. The van der Waals surface area contributed by atoms with E-state index in [-0.39, 0.29) is 22.7 Å². The summed E-state index contributed by atoms with van der Waals surface area (Å²) in [7, 11) is 1.13. The highest BCUT2D eigenvalue weighted by Gasteiger charge is 2.35. The maximum absolute atomic E-state index is 14.0. The van der Waals surface area contributed by atoms with E-state index in [9.17, 15) is 13.6 Å². The normalized spacial score (nSPS) is 20.8. The molecule has 0 heterocycles. The van der Waals surface area contributed by atoms with Crippen LogP contribution in [0.5, 0.6) is 0 Å². The zero-order chi connectivity index (χ0) is 14.9. The topological polar surface area (TPSA) is 38.3 Å². The number of hydrogen-bond acceptors (Lipinski definition) is 3. The highest BCUT2D eigenvalue weighted by atomic mass is 19.2. The maximum Gasteiger partial charge on any atom is 0.340 e. The molecule has 110 valence electrons. The summed E-state index contributed by atoms with van der Waals surface area (Å²) in [6.45, 7) is 4.21. The summed E-state index contributed by atoms with van der Waals surface area (Å²) in [6.07, 6.45) is 3.04. The molecule has 1 aliphatic rings. The van der Waals surface area contributed by atoms with E-state index in [0.29, 0.717) is 0 Å². The molecule has 0 saturated heterocycles. The first-order valence-electron chi connectivity index (χ1n) is 6.69. The number of carbonyl (C=O) groups excluding carboxylic acids is 1. The maximum atomic E-state index is 14.0. The predicted molar refractivity (Wildman–Crippen MR) is 72.7 cm³/mol. The zero-order valence-electron chi connectivity index (χ0n) is 11.9. The van der Waals surface area contributed by atoms with E-state index >= 15 is 0 Å². The van der Waals surface area contributed by atoms with Gasteiger partial charge in [0.15, 0.2) is 11.6 Å². The van der Waals surface area contributed by atoms with E-state index in [0.717, 1.165) is 26.4 Å². The molecule has 3 nitrogen and oxygen atoms in total.